The van der Waals surface area contributed by atoms with Crippen LogP contribution in [-0.4, -0.2) is 58.2 Å². The highest BCUT2D eigenvalue weighted by Crippen LogP contribution is 2.26. The Morgan fingerprint density at radius 2 is 1.73 bits per heavy atom. The average Bonchev–Trinajstić information content (AvgIpc) is 3.14. The molecule has 1 aromatic heterocycles. The number of hydrogen-bond donors (Lipinski definition) is 0. The third kappa shape index (κ3) is 4.53. The van der Waals surface area contributed by atoms with E-state index in [1.165, 1.54) is 12.8 Å². The van der Waals surface area contributed by atoms with Gasteiger partial charge < -0.3 is 4.90 Å². The minimum atomic E-state index is -0.0678. The van der Waals surface area contributed by atoms with Crippen LogP contribution >= 0.6 is 0 Å². The van der Waals surface area contributed by atoms with Crippen molar-refractivity contribution in [3.63, 3.8) is 0 Å². The molecule has 2 heterocycles. The summed E-state index contributed by atoms with van der Waals surface area (Å²) in [5.41, 5.74) is 0.818. The molecule has 2 aliphatic rings. The van der Waals surface area contributed by atoms with E-state index in [1.54, 1.807) is 10.7 Å². The van der Waals surface area contributed by atoms with Crippen LogP contribution in [-0.2, 0) is 16.8 Å². The Bertz CT molecular complexity index is 678. The quantitative estimate of drug-likeness (QED) is 0.823. The van der Waals surface area contributed by atoms with Crippen molar-refractivity contribution in [1.29, 1.82) is 0 Å². The van der Waals surface area contributed by atoms with E-state index >= 15 is 0 Å². The Labute approximate surface area is 156 Å². The average molecular weight is 361 g/mol. The highest BCUT2D eigenvalue weighted by molar-refractivity contribution is 5.79. The zero-order chi connectivity index (χ0) is 18.7. The van der Waals surface area contributed by atoms with E-state index in [0.29, 0.717) is 12.5 Å². The first kappa shape index (κ1) is 19.1. The van der Waals surface area contributed by atoms with E-state index in [4.69, 9.17) is 0 Å². The molecule has 2 fully saturated rings. The van der Waals surface area contributed by atoms with Gasteiger partial charge in [-0.15, -0.1) is 0 Å². The summed E-state index contributed by atoms with van der Waals surface area (Å²) in [6.07, 6.45) is 4.53. The Hall–Kier alpha value is -1.69. The smallest absolute Gasteiger partial charge is 0.266 e. The molecule has 0 aromatic carbocycles. The van der Waals surface area contributed by atoms with E-state index in [9.17, 15) is 9.59 Å². The normalized spacial score (nSPS) is 19.9. The summed E-state index contributed by atoms with van der Waals surface area (Å²) in [6.45, 7) is 11.1. The summed E-state index contributed by atoms with van der Waals surface area (Å²) in [5.74, 6) is 0.627. The molecule has 1 aliphatic carbocycles. The van der Waals surface area contributed by atoms with Crippen LogP contribution in [0.3, 0.4) is 0 Å². The molecule has 0 atom stereocenters. The second kappa shape index (κ2) is 7.91. The molecule has 1 amide bonds. The molecule has 6 nitrogen and oxygen atoms in total. The summed E-state index contributed by atoms with van der Waals surface area (Å²) >= 11 is 0. The van der Waals surface area contributed by atoms with Crippen LogP contribution < -0.4 is 5.56 Å². The van der Waals surface area contributed by atoms with Crippen LogP contribution in [0.4, 0.5) is 0 Å². The molecule has 1 saturated carbocycles. The predicted octanol–water partition coefficient (Wildman–Crippen LogP) is 1.88. The van der Waals surface area contributed by atoms with Gasteiger partial charge in [0.2, 0.25) is 5.91 Å². The standard InChI is InChI=1S/C20H32N4O2/c1-20(2,3)17-8-9-18(25)24(21-17)15-12-22-10-13-23(14-11-22)19(26)16-6-4-5-7-16/h8-9,16H,4-7,10-15H2,1-3H3. The molecule has 1 saturated heterocycles. The van der Waals surface area contributed by atoms with Gasteiger partial charge in [-0.3, -0.25) is 14.5 Å². The largest absolute Gasteiger partial charge is 0.340 e. The molecule has 0 radical (unpaired) electrons. The summed E-state index contributed by atoms with van der Waals surface area (Å²) in [6, 6.07) is 3.44. The van der Waals surface area contributed by atoms with Gasteiger partial charge in [0.1, 0.15) is 0 Å². The van der Waals surface area contributed by atoms with Gasteiger partial charge in [-0.05, 0) is 18.9 Å². The van der Waals surface area contributed by atoms with Gasteiger partial charge in [0.25, 0.3) is 5.56 Å². The maximum Gasteiger partial charge on any atom is 0.266 e. The van der Waals surface area contributed by atoms with Gasteiger partial charge in [0.05, 0.1) is 12.2 Å². The van der Waals surface area contributed by atoms with Crippen LogP contribution in [0.2, 0.25) is 0 Å². The minimum absolute atomic E-state index is 0.0481. The number of piperazine rings is 1. The third-order valence-electron chi connectivity index (χ3n) is 5.65. The number of rotatable bonds is 4. The number of carbonyl (C=O) groups is 1. The van der Waals surface area contributed by atoms with Crippen LogP contribution in [0.25, 0.3) is 0 Å². The first-order chi connectivity index (χ1) is 12.3. The molecule has 0 N–H and O–H groups in total. The van der Waals surface area contributed by atoms with Crippen molar-refractivity contribution < 1.29 is 4.79 Å². The van der Waals surface area contributed by atoms with E-state index in [0.717, 1.165) is 51.3 Å². The number of amides is 1. The fourth-order valence-electron chi connectivity index (χ4n) is 3.87. The molecule has 144 valence electrons. The lowest BCUT2D eigenvalue weighted by Gasteiger charge is -2.36. The Kier molecular flexibility index (Phi) is 5.80. The Balaban J connectivity index is 1.51. The topological polar surface area (TPSA) is 58.4 Å². The third-order valence-corrected chi connectivity index (χ3v) is 5.65. The van der Waals surface area contributed by atoms with Crippen molar-refractivity contribution in [2.75, 3.05) is 32.7 Å². The maximum atomic E-state index is 12.5. The molecule has 1 aliphatic heterocycles. The van der Waals surface area contributed by atoms with Crippen molar-refractivity contribution in [2.24, 2.45) is 5.92 Å². The molecule has 0 spiro atoms. The molecule has 3 rings (SSSR count). The number of carbonyl (C=O) groups excluding carboxylic acids is 1. The van der Waals surface area contributed by atoms with E-state index in [2.05, 4.69) is 30.8 Å². The van der Waals surface area contributed by atoms with Crippen molar-refractivity contribution in [2.45, 2.75) is 58.4 Å². The van der Waals surface area contributed by atoms with Crippen LogP contribution in [0.15, 0.2) is 16.9 Å². The molecule has 6 heteroatoms. The van der Waals surface area contributed by atoms with Crippen molar-refractivity contribution >= 4 is 5.91 Å². The summed E-state index contributed by atoms with van der Waals surface area (Å²) in [4.78, 5) is 29.0. The predicted molar refractivity (Wildman–Crippen MR) is 102 cm³/mol. The fourth-order valence-corrected chi connectivity index (χ4v) is 3.87. The second-order valence-corrected chi connectivity index (χ2v) is 8.68. The van der Waals surface area contributed by atoms with Gasteiger partial charge in [0.15, 0.2) is 0 Å². The van der Waals surface area contributed by atoms with Crippen LogP contribution in [0.1, 0.15) is 52.1 Å². The SMILES string of the molecule is CC(C)(C)c1ccc(=O)n(CCN2CCN(C(=O)C3CCCC3)CC2)n1. The van der Waals surface area contributed by atoms with E-state index in [1.807, 2.05) is 11.0 Å². The molecule has 0 bridgehead atoms. The summed E-state index contributed by atoms with van der Waals surface area (Å²) < 4.78 is 1.58. The van der Waals surface area contributed by atoms with E-state index < -0.39 is 0 Å². The Morgan fingerprint density at radius 3 is 2.35 bits per heavy atom. The van der Waals surface area contributed by atoms with Crippen molar-refractivity contribution in [3.8, 4) is 0 Å². The summed E-state index contributed by atoms with van der Waals surface area (Å²) in [7, 11) is 0. The number of nitrogens with zero attached hydrogens (tertiary/aromatic N) is 4. The van der Waals surface area contributed by atoms with Crippen LogP contribution in [0, 0.1) is 5.92 Å². The second-order valence-electron chi connectivity index (χ2n) is 8.68. The lowest BCUT2D eigenvalue weighted by molar-refractivity contribution is -0.137. The lowest BCUT2D eigenvalue weighted by atomic mass is 9.92. The van der Waals surface area contributed by atoms with Gasteiger partial charge in [-0.1, -0.05) is 33.6 Å². The van der Waals surface area contributed by atoms with Gasteiger partial charge in [-0.25, -0.2) is 4.68 Å². The highest BCUT2D eigenvalue weighted by Gasteiger charge is 2.29. The number of aromatic nitrogens is 2. The van der Waals surface area contributed by atoms with Gasteiger partial charge in [0, 0.05) is 50.1 Å². The first-order valence-corrected chi connectivity index (χ1v) is 9.94. The van der Waals surface area contributed by atoms with Crippen LogP contribution in [0.5, 0.6) is 0 Å². The van der Waals surface area contributed by atoms with E-state index in [-0.39, 0.29) is 16.9 Å². The minimum Gasteiger partial charge on any atom is -0.340 e. The first-order valence-electron chi connectivity index (χ1n) is 9.94. The highest BCUT2D eigenvalue weighted by atomic mass is 16.2. The zero-order valence-corrected chi connectivity index (χ0v) is 16.4. The molecule has 26 heavy (non-hydrogen) atoms. The molecular weight excluding hydrogens is 328 g/mol. The monoisotopic (exact) mass is 360 g/mol. The number of hydrogen-bond acceptors (Lipinski definition) is 4. The van der Waals surface area contributed by atoms with Crippen molar-refractivity contribution in [1.82, 2.24) is 19.6 Å². The molecular formula is C20H32N4O2. The van der Waals surface area contributed by atoms with Crippen molar-refractivity contribution in [3.05, 3.63) is 28.2 Å². The molecule has 0 unspecified atom stereocenters. The Morgan fingerprint density at radius 1 is 1.08 bits per heavy atom. The zero-order valence-electron chi connectivity index (χ0n) is 16.4. The fraction of sp³-hybridized carbons (Fsp3) is 0.750. The lowest BCUT2D eigenvalue weighted by Crippen LogP contribution is -2.50. The van der Waals surface area contributed by atoms with Gasteiger partial charge >= 0.3 is 0 Å². The molecule has 1 aromatic rings. The maximum absolute atomic E-state index is 12.5. The van der Waals surface area contributed by atoms with Gasteiger partial charge in [-0.2, -0.15) is 5.10 Å². The summed E-state index contributed by atoms with van der Waals surface area (Å²) in [5, 5.41) is 4.54.